The first kappa shape index (κ1) is 9.10. The highest BCUT2D eigenvalue weighted by molar-refractivity contribution is 7.98. The largest absolute Gasteiger partial charge is 0.344 e. The molecule has 0 spiro atoms. The Hall–Kier alpha value is -1.47. The van der Waals surface area contributed by atoms with Crippen LogP contribution in [0.25, 0.3) is 11.0 Å². The third-order valence-corrected chi connectivity index (χ3v) is 2.90. The first-order valence-corrected chi connectivity index (χ1v) is 5.45. The fourth-order valence-corrected chi connectivity index (χ4v) is 2.03. The van der Waals surface area contributed by atoms with Gasteiger partial charge in [0.2, 0.25) is 0 Å². The second kappa shape index (κ2) is 3.72. The van der Waals surface area contributed by atoms with Crippen LogP contribution in [-0.2, 0) is 6.42 Å². The Morgan fingerprint density at radius 1 is 1.57 bits per heavy atom. The number of nitriles is 1. The summed E-state index contributed by atoms with van der Waals surface area (Å²) in [6, 6.07) is 6.14. The maximum atomic E-state index is 8.65. The van der Waals surface area contributed by atoms with E-state index in [9.17, 15) is 0 Å². The summed E-state index contributed by atoms with van der Waals surface area (Å²) in [5.41, 5.74) is 2.94. The number of aromatic amines is 1. The number of hydrogen-bond donors (Lipinski definition) is 1. The van der Waals surface area contributed by atoms with Gasteiger partial charge in [-0.3, -0.25) is 0 Å². The second-order valence-electron chi connectivity index (χ2n) is 2.89. The van der Waals surface area contributed by atoms with Crippen LogP contribution in [-0.4, -0.2) is 16.2 Å². The van der Waals surface area contributed by atoms with Crippen LogP contribution in [0.4, 0.5) is 0 Å². The van der Waals surface area contributed by atoms with Gasteiger partial charge < -0.3 is 4.98 Å². The number of H-pyrrole nitrogens is 1. The van der Waals surface area contributed by atoms with Crippen molar-refractivity contribution in [1.82, 2.24) is 9.97 Å². The van der Waals surface area contributed by atoms with Crippen LogP contribution < -0.4 is 0 Å². The van der Waals surface area contributed by atoms with Gasteiger partial charge in [-0.2, -0.15) is 5.26 Å². The van der Waals surface area contributed by atoms with Gasteiger partial charge in [-0.25, -0.2) is 4.98 Å². The maximum Gasteiger partial charge on any atom is 0.0936 e. The minimum Gasteiger partial charge on any atom is -0.344 e. The lowest BCUT2D eigenvalue weighted by molar-refractivity contribution is 1.26. The molecule has 1 aromatic heterocycles. The number of imidazole rings is 1. The van der Waals surface area contributed by atoms with E-state index < -0.39 is 0 Å². The highest BCUT2D eigenvalue weighted by Crippen LogP contribution is 2.26. The average molecular weight is 203 g/mol. The molecule has 0 radical (unpaired) electrons. The second-order valence-corrected chi connectivity index (χ2v) is 3.74. The molecule has 0 unspecified atom stereocenters. The molecule has 0 aliphatic rings. The number of hydrogen-bond acceptors (Lipinski definition) is 3. The van der Waals surface area contributed by atoms with E-state index in [1.54, 1.807) is 18.1 Å². The zero-order chi connectivity index (χ0) is 9.97. The van der Waals surface area contributed by atoms with Crippen molar-refractivity contribution < 1.29 is 0 Å². The highest BCUT2D eigenvalue weighted by Gasteiger charge is 2.06. The summed E-state index contributed by atoms with van der Waals surface area (Å²) in [5, 5.41) is 8.65. The molecule has 2 rings (SSSR count). The van der Waals surface area contributed by atoms with Crippen LogP contribution in [0.2, 0.25) is 0 Å². The van der Waals surface area contributed by atoms with E-state index >= 15 is 0 Å². The van der Waals surface area contributed by atoms with Crippen molar-refractivity contribution in [2.45, 2.75) is 11.3 Å². The van der Waals surface area contributed by atoms with E-state index in [0.717, 1.165) is 16.6 Å². The van der Waals surface area contributed by atoms with Crippen molar-refractivity contribution >= 4 is 22.8 Å². The van der Waals surface area contributed by atoms with E-state index in [1.165, 1.54) is 4.90 Å². The van der Waals surface area contributed by atoms with E-state index in [4.69, 9.17) is 5.26 Å². The molecule has 2 aromatic rings. The van der Waals surface area contributed by atoms with Crippen molar-refractivity contribution in [2.75, 3.05) is 6.26 Å². The number of benzene rings is 1. The van der Waals surface area contributed by atoms with Gasteiger partial charge in [0.25, 0.3) is 0 Å². The van der Waals surface area contributed by atoms with Crippen LogP contribution in [0.15, 0.2) is 23.4 Å². The number of fused-ring (bicyclic) bond motifs is 1. The van der Waals surface area contributed by atoms with Gasteiger partial charge in [0, 0.05) is 4.90 Å². The van der Waals surface area contributed by atoms with Gasteiger partial charge in [-0.1, -0.05) is 6.07 Å². The molecular weight excluding hydrogens is 194 g/mol. The lowest BCUT2D eigenvalue weighted by Crippen LogP contribution is -1.85. The van der Waals surface area contributed by atoms with Crippen molar-refractivity contribution in [1.29, 1.82) is 5.26 Å². The third kappa shape index (κ3) is 1.36. The summed E-state index contributed by atoms with van der Waals surface area (Å²) in [5.74, 6) is 0. The molecule has 0 saturated carbocycles. The molecule has 3 nitrogen and oxygen atoms in total. The van der Waals surface area contributed by atoms with Crippen molar-refractivity contribution in [2.24, 2.45) is 0 Å². The number of aromatic nitrogens is 2. The Kier molecular flexibility index (Phi) is 2.42. The van der Waals surface area contributed by atoms with Crippen molar-refractivity contribution in [3.63, 3.8) is 0 Å². The summed E-state index contributed by atoms with van der Waals surface area (Å²) in [6.45, 7) is 0. The smallest absolute Gasteiger partial charge is 0.0936 e. The zero-order valence-electron chi connectivity index (χ0n) is 7.74. The molecule has 0 fully saturated rings. The summed E-state index contributed by atoms with van der Waals surface area (Å²) in [4.78, 5) is 8.49. The summed E-state index contributed by atoms with van der Waals surface area (Å²) in [6.07, 6.45) is 4.11. The van der Waals surface area contributed by atoms with Gasteiger partial charge in [0.05, 0.1) is 29.9 Å². The molecule has 0 bridgehead atoms. The fraction of sp³-hybridized carbons (Fsp3) is 0.200. The van der Waals surface area contributed by atoms with Gasteiger partial charge in [-0.05, 0) is 17.9 Å². The Morgan fingerprint density at radius 2 is 2.43 bits per heavy atom. The molecule has 1 N–H and O–H groups in total. The monoisotopic (exact) mass is 203 g/mol. The normalized spacial score (nSPS) is 10.3. The Labute approximate surface area is 86.2 Å². The molecule has 0 aliphatic carbocycles. The molecule has 1 aromatic carbocycles. The first-order chi connectivity index (χ1) is 6.86. The van der Waals surface area contributed by atoms with Crippen molar-refractivity contribution in [3.05, 3.63) is 24.0 Å². The average Bonchev–Trinajstić information content (AvgIpc) is 2.67. The predicted octanol–water partition coefficient (Wildman–Crippen LogP) is 2.35. The van der Waals surface area contributed by atoms with Crippen LogP contribution >= 0.6 is 11.8 Å². The topological polar surface area (TPSA) is 52.5 Å². The molecule has 0 amide bonds. The van der Waals surface area contributed by atoms with Crippen LogP contribution in [0, 0.1) is 11.3 Å². The van der Waals surface area contributed by atoms with Crippen LogP contribution in [0.3, 0.4) is 0 Å². The summed E-state index contributed by atoms with van der Waals surface area (Å²) < 4.78 is 0. The lowest BCUT2D eigenvalue weighted by atomic mass is 10.1. The lowest BCUT2D eigenvalue weighted by Gasteiger charge is -2.01. The van der Waals surface area contributed by atoms with E-state index in [2.05, 4.69) is 16.0 Å². The van der Waals surface area contributed by atoms with E-state index in [0.29, 0.717) is 6.42 Å². The van der Waals surface area contributed by atoms with Gasteiger partial charge in [0.1, 0.15) is 0 Å². The highest BCUT2D eigenvalue weighted by atomic mass is 32.2. The van der Waals surface area contributed by atoms with E-state index in [-0.39, 0.29) is 0 Å². The Bertz CT molecular complexity index is 496. The first-order valence-electron chi connectivity index (χ1n) is 4.22. The fourth-order valence-electron chi connectivity index (χ4n) is 1.46. The molecule has 1 heterocycles. The number of nitrogens with one attached hydrogen (secondary N) is 1. The number of rotatable bonds is 2. The molecule has 70 valence electrons. The molecule has 0 atom stereocenters. The third-order valence-electron chi connectivity index (χ3n) is 2.12. The molecule has 14 heavy (non-hydrogen) atoms. The minimum absolute atomic E-state index is 0.413. The van der Waals surface area contributed by atoms with Gasteiger partial charge in [-0.15, -0.1) is 11.8 Å². The summed E-state index contributed by atoms with van der Waals surface area (Å²) >= 11 is 1.68. The summed E-state index contributed by atoms with van der Waals surface area (Å²) in [7, 11) is 0. The quantitative estimate of drug-likeness (QED) is 0.762. The molecule has 0 saturated heterocycles. The minimum atomic E-state index is 0.413. The van der Waals surface area contributed by atoms with Crippen LogP contribution in [0.5, 0.6) is 0 Å². The van der Waals surface area contributed by atoms with Crippen molar-refractivity contribution in [3.8, 4) is 6.07 Å². The number of thioether (sulfide) groups is 1. The predicted molar refractivity (Wildman–Crippen MR) is 57.2 cm³/mol. The molecule has 4 heteroatoms. The molecule has 0 aliphatic heterocycles. The standard InChI is InChI=1S/C10H9N3S/c1-14-8-3-2-7(4-5-11)9-10(8)13-6-12-9/h2-3,6H,4H2,1H3,(H,12,13). The van der Waals surface area contributed by atoms with Crippen LogP contribution in [0.1, 0.15) is 5.56 Å². The van der Waals surface area contributed by atoms with Gasteiger partial charge in [0.15, 0.2) is 0 Å². The zero-order valence-corrected chi connectivity index (χ0v) is 8.56. The van der Waals surface area contributed by atoms with Gasteiger partial charge >= 0.3 is 0 Å². The molecular formula is C10H9N3S. The number of nitrogens with zero attached hydrogens (tertiary/aromatic N) is 2. The Morgan fingerprint density at radius 3 is 3.14 bits per heavy atom. The van der Waals surface area contributed by atoms with E-state index in [1.807, 2.05) is 18.4 Å². The maximum absolute atomic E-state index is 8.65. The SMILES string of the molecule is CSc1ccc(CC#N)c2nc[nH]c12. The Balaban J connectivity index is 2.67.